The Labute approximate surface area is 200 Å². The van der Waals surface area contributed by atoms with Crippen LogP contribution in [-0.4, -0.2) is 42.1 Å². The summed E-state index contributed by atoms with van der Waals surface area (Å²) < 4.78 is 29.8. The second-order valence-electron chi connectivity index (χ2n) is 8.07. The van der Waals surface area contributed by atoms with Crippen LogP contribution in [-0.2, 0) is 20.9 Å². The van der Waals surface area contributed by atoms with Crippen molar-refractivity contribution in [2.45, 2.75) is 19.0 Å². The minimum Gasteiger partial charge on any atom is -0.484 e. The van der Waals surface area contributed by atoms with E-state index in [1.807, 2.05) is 6.07 Å². The average Bonchev–Trinajstić information content (AvgIpc) is 3.45. The number of fused-ring (bicyclic) bond motifs is 1. The smallest absolute Gasteiger partial charge is 0.261 e. The summed E-state index contributed by atoms with van der Waals surface area (Å²) in [6.45, 7) is -0.160. The van der Waals surface area contributed by atoms with Crippen molar-refractivity contribution in [2.24, 2.45) is 0 Å². The molecular formula is C26H21FN2O6. The van der Waals surface area contributed by atoms with E-state index in [-0.39, 0.29) is 32.1 Å². The van der Waals surface area contributed by atoms with Crippen LogP contribution in [0.4, 0.5) is 10.1 Å². The predicted octanol–water partition coefficient (Wildman–Crippen LogP) is 3.29. The van der Waals surface area contributed by atoms with E-state index in [0.717, 1.165) is 4.90 Å². The van der Waals surface area contributed by atoms with Crippen LogP contribution in [0.2, 0.25) is 0 Å². The zero-order valence-electron chi connectivity index (χ0n) is 18.6. The fourth-order valence-electron chi connectivity index (χ4n) is 4.07. The molecule has 0 spiro atoms. The summed E-state index contributed by atoms with van der Waals surface area (Å²) in [4.78, 5) is 41.7. The van der Waals surface area contributed by atoms with Crippen LogP contribution in [0.25, 0.3) is 0 Å². The highest BCUT2D eigenvalue weighted by atomic mass is 19.1. The lowest BCUT2D eigenvalue weighted by molar-refractivity contribution is -0.140. The molecule has 5 rings (SSSR count). The molecule has 1 unspecified atom stereocenters. The van der Waals surface area contributed by atoms with Crippen LogP contribution in [0, 0.1) is 5.82 Å². The summed E-state index contributed by atoms with van der Waals surface area (Å²) in [5.74, 6) is -0.341. The molecular weight excluding hydrogens is 455 g/mol. The van der Waals surface area contributed by atoms with Crippen LogP contribution in [0.1, 0.15) is 12.0 Å². The Morgan fingerprint density at radius 1 is 1.00 bits per heavy atom. The topological polar surface area (TPSA) is 85.4 Å². The van der Waals surface area contributed by atoms with Gasteiger partial charge >= 0.3 is 0 Å². The van der Waals surface area contributed by atoms with E-state index in [1.54, 1.807) is 42.5 Å². The van der Waals surface area contributed by atoms with E-state index >= 15 is 0 Å². The van der Waals surface area contributed by atoms with Crippen molar-refractivity contribution in [3.05, 3.63) is 84.2 Å². The molecule has 35 heavy (non-hydrogen) atoms. The van der Waals surface area contributed by atoms with E-state index in [4.69, 9.17) is 14.2 Å². The number of rotatable bonds is 7. The Balaban J connectivity index is 1.40. The third-order valence-electron chi connectivity index (χ3n) is 5.80. The van der Waals surface area contributed by atoms with Gasteiger partial charge in [-0.3, -0.25) is 14.4 Å². The quantitative estimate of drug-likeness (QED) is 0.487. The zero-order valence-corrected chi connectivity index (χ0v) is 18.6. The van der Waals surface area contributed by atoms with Crippen molar-refractivity contribution in [3.8, 4) is 17.2 Å². The third-order valence-corrected chi connectivity index (χ3v) is 5.80. The van der Waals surface area contributed by atoms with Gasteiger partial charge in [0.1, 0.15) is 17.6 Å². The first-order chi connectivity index (χ1) is 17.0. The number of imide groups is 1. The molecule has 3 aromatic carbocycles. The summed E-state index contributed by atoms with van der Waals surface area (Å²) in [5.41, 5.74) is 0.947. The predicted molar refractivity (Wildman–Crippen MR) is 122 cm³/mol. The number of anilines is 1. The van der Waals surface area contributed by atoms with E-state index in [0.29, 0.717) is 22.8 Å². The van der Waals surface area contributed by atoms with Crippen LogP contribution >= 0.6 is 0 Å². The van der Waals surface area contributed by atoms with Gasteiger partial charge in [-0.2, -0.15) is 0 Å². The molecule has 2 aliphatic heterocycles. The van der Waals surface area contributed by atoms with E-state index in [9.17, 15) is 18.8 Å². The fraction of sp³-hybridized carbons (Fsp3) is 0.192. The van der Waals surface area contributed by atoms with Gasteiger partial charge in [0.05, 0.1) is 12.1 Å². The van der Waals surface area contributed by atoms with Crippen molar-refractivity contribution < 1.29 is 33.0 Å². The normalized spacial score (nSPS) is 16.5. The van der Waals surface area contributed by atoms with Gasteiger partial charge in [0, 0.05) is 6.54 Å². The molecule has 9 heteroatoms. The maximum absolute atomic E-state index is 13.4. The number of hydrogen-bond donors (Lipinski definition) is 0. The Morgan fingerprint density at radius 2 is 1.74 bits per heavy atom. The number of carbonyl (C=O) groups is 3. The molecule has 3 aromatic rings. The first kappa shape index (κ1) is 22.4. The van der Waals surface area contributed by atoms with Gasteiger partial charge in [-0.1, -0.05) is 24.3 Å². The molecule has 1 atom stereocenters. The molecule has 8 nitrogen and oxygen atoms in total. The number of para-hydroxylation sites is 1. The third kappa shape index (κ3) is 4.65. The molecule has 2 heterocycles. The summed E-state index contributed by atoms with van der Waals surface area (Å²) in [6.07, 6.45) is -0.197. The molecule has 0 saturated carbocycles. The van der Waals surface area contributed by atoms with Gasteiger partial charge in [-0.15, -0.1) is 0 Å². The lowest BCUT2D eigenvalue weighted by Gasteiger charge is -2.28. The van der Waals surface area contributed by atoms with E-state index in [2.05, 4.69) is 0 Å². The van der Waals surface area contributed by atoms with Crippen molar-refractivity contribution >= 4 is 23.4 Å². The largest absolute Gasteiger partial charge is 0.484 e. The second kappa shape index (κ2) is 9.46. The average molecular weight is 476 g/mol. The first-order valence-electron chi connectivity index (χ1n) is 11.0. The standard InChI is InChI=1S/C26H21FN2O6/c27-18-7-9-19(10-8-18)29-24(30)13-21(26(29)32)28(25(31)15-33-20-4-2-1-3-5-20)14-17-6-11-22-23(12-17)35-16-34-22/h1-12,21H,13-16H2. The number of amides is 3. The van der Waals surface area contributed by atoms with Gasteiger partial charge in [0.25, 0.3) is 11.8 Å². The molecule has 1 saturated heterocycles. The highest BCUT2D eigenvalue weighted by Gasteiger charge is 2.44. The van der Waals surface area contributed by atoms with Crippen molar-refractivity contribution in [1.29, 1.82) is 0 Å². The molecule has 0 N–H and O–H groups in total. The number of benzene rings is 3. The monoisotopic (exact) mass is 476 g/mol. The number of hydrogen-bond acceptors (Lipinski definition) is 6. The maximum atomic E-state index is 13.4. The highest BCUT2D eigenvalue weighted by Crippen LogP contribution is 2.34. The summed E-state index contributed by atoms with van der Waals surface area (Å²) in [7, 11) is 0. The first-order valence-corrected chi connectivity index (χ1v) is 11.0. The molecule has 1 fully saturated rings. The molecule has 0 bridgehead atoms. The summed E-state index contributed by atoms with van der Waals surface area (Å²) in [6, 6.07) is 18.1. The second-order valence-corrected chi connectivity index (χ2v) is 8.07. The van der Waals surface area contributed by atoms with Crippen molar-refractivity contribution in [2.75, 3.05) is 18.3 Å². The highest BCUT2D eigenvalue weighted by molar-refractivity contribution is 6.23. The number of nitrogens with zero attached hydrogens (tertiary/aromatic N) is 2. The molecule has 2 aliphatic rings. The molecule has 3 amide bonds. The number of ether oxygens (including phenoxy) is 3. The fourth-order valence-corrected chi connectivity index (χ4v) is 4.07. The van der Waals surface area contributed by atoms with E-state index in [1.165, 1.54) is 29.2 Å². The van der Waals surface area contributed by atoms with Crippen LogP contribution in [0.15, 0.2) is 72.8 Å². The minimum atomic E-state index is -1.04. The van der Waals surface area contributed by atoms with Crippen LogP contribution in [0.5, 0.6) is 17.2 Å². The summed E-state index contributed by atoms with van der Waals surface area (Å²) in [5, 5.41) is 0. The number of carbonyl (C=O) groups excluding carboxylic acids is 3. The molecule has 178 valence electrons. The lowest BCUT2D eigenvalue weighted by atomic mass is 10.1. The Kier molecular flexibility index (Phi) is 6.05. The van der Waals surface area contributed by atoms with Gasteiger partial charge in [0.2, 0.25) is 12.7 Å². The van der Waals surface area contributed by atoms with E-state index < -0.39 is 29.6 Å². The minimum absolute atomic E-state index is 0.0502. The molecule has 0 aromatic heterocycles. The van der Waals surface area contributed by atoms with Gasteiger partial charge in [0.15, 0.2) is 18.1 Å². The van der Waals surface area contributed by atoms with Crippen molar-refractivity contribution in [1.82, 2.24) is 4.90 Å². The van der Waals surface area contributed by atoms with Gasteiger partial charge in [-0.25, -0.2) is 9.29 Å². The van der Waals surface area contributed by atoms with Crippen LogP contribution in [0.3, 0.4) is 0 Å². The molecule has 0 aliphatic carbocycles. The maximum Gasteiger partial charge on any atom is 0.261 e. The Morgan fingerprint density at radius 3 is 2.51 bits per heavy atom. The van der Waals surface area contributed by atoms with Gasteiger partial charge < -0.3 is 19.1 Å². The summed E-state index contributed by atoms with van der Waals surface area (Å²) >= 11 is 0. The SMILES string of the molecule is O=C1CC(N(Cc2ccc3c(c2)OCO3)C(=O)COc2ccccc2)C(=O)N1c1ccc(F)cc1. The number of halogens is 1. The van der Waals surface area contributed by atoms with Gasteiger partial charge in [-0.05, 0) is 54.1 Å². The molecule has 0 radical (unpaired) electrons. The zero-order chi connectivity index (χ0) is 24.4. The lowest BCUT2D eigenvalue weighted by Crippen LogP contribution is -2.46. The Bertz CT molecular complexity index is 1260. The van der Waals surface area contributed by atoms with Crippen molar-refractivity contribution in [3.63, 3.8) is 0 Å². The Hall–Kier alpha value is -4.40. The van der Waals surface area contributed by atoms with Crippen LogP contribution < -0.4 is 19.1 Å².